The second-order valence-corrected chi connectivity index (χ2v) is 1.91. The monoisotopic (exact) mass is 97.1 g/mol. The van der Waals surface area contributed by atoms with Gasteiger partial charge in [-0.2, -0.15) is 0 Å². The van der Waals surface area contributed by atoms with Crippen molar-refractivity contribution in [3.05, 3.63) is 16.7 Å². The van der Waals surface area contributed by atoms with Crippen molar-refractivity contribution in [1.82, 2.24) is 0 Å². The highest BCUT2D eigenvalue weighted by atomic mass is 16.2. The zero-order valence-electron chi connectivity index (χ0n) is 4.22. The normalized spacial score (nSPS) is 33.3. The highest BCUT2D eigenvalue weighted by molar-refractivity contribution is 5.20. The van der Waals surface area contributed by atoms with Crippen LogP contribution in [0.15, 0.2) is 16.9 Å². The first kappa shape index (κ1) is 4.50. The van der Waals surface area contributed by atoms with Crippen LogP contribution in [-0.2, 0) is 0 Å². The zero-order valence-corrected chi connectivity index (χ0v) is 4.22. The van der Waals surface area contributed by atoms with Gasteiger partial charge >= 0.3 is 0 Å². The van der Waals surface area contributed by atoms with E-state index >= 15 is 0 Å². The maximum Gasteiger partial charge on any atom is 0.0709 e. The summed E-state index contributed by atoms with van der Waals surface area (Å²) >= 11 is 0. The lowest BCUT2D eigenvalue weighted by atomic mass is 10.5. The van der Waals surface area contributed by atoms with Crippen LogP contribution in [-0.4, -0.2) is 0 Å². The quantitative estimate of drug-likeness (QED) is 0.457. The lowest BCUT2D eigenvalue weighted by Gasteiger charge is -1.63. The van der Waals surface area contributed by atoms with Crippen LogP contribution in [0.3, 0.4) is 0 Å². The third kappa shape index (κ3) is 0.856. The minimum atomic E-state index is 0.637. The van der Waals surface area contributed by atoms with Gasteiger partial charge in [-0.05, 0) is 23.1 Å². The number of hydrogen-bond acceptors (Lipinski definition) is 2. The molecule has 1 atom stereocenters. The Balaban J connectivity index is 2.44. The molecule has 0 aromatic rings. The molecule has 1 aliphatic carbocycles. The molecule has 0 aromatic heterocycles. The molecule has 0 aliphatic heterocycles. The maximum atomic E-state index is 9.47. The molecule has 0 spiro atoms. The summed E-state index contributed by atoms with van der Waals surface area (Å²) in [7, 11) is 0. The van der Waals surface area contributed by atoms with Crippen LogP contribution in [0.5, 0.6) is 0 Å². The average molecular weight is 97.1 g/mol. The average Bonchev–Trinajstić information content (AvgIpc) is 2.22. The Bertz CT molecular complexity index is 117. The fraction of sp³-hybridized carbons (Fsp3) is 0.600. The fourth-order valence-electron chi connectivity index (χ4n) is 0.542. The van der Waals surface area contributed by atoms with Crippen LogP contribution in [0, 0.1) is 10.8 Å². The minimum Gasteiger partial charge on any atom is -0.145 e. The van der Waals surface area contributed by atoms with Gasteiger partial charge in [0.05, 0.1) is 6.20 Å². The smallest absolute Gasteiger partial charge is 0.0709 e. The Hall–Kier alpha value is -0.660. The summed E-state index contributed by atoms with van der Waals surface area (Å²) in [6, 6.07) is 0. The first-order valence-corrected chi connectivity index (χ1v) is 2.36. The molecule has 1 rings (SSSR count). The number of hydrogen-bond donors (Lipinski definition) is 0. The molecule has 0 saturated heterocycles. The van der Waals surface area contributed by atoms with Crippen LogP contribution in [0.25, 0.3) is 0 Å². The van der Waals surface area contributed by atoms with Gasteiger partial charge in [-0.25, -0.2) is 0 Å². The van der Waals surface area contributed by atoms with E-state index in [1.54, 1.807) is 0 Å². The Morgan fingerprint density at radius 2 is 2.57 bits per heavy atom. The van der Waals surface area contributed by atoms with Crippen molar-refractivity contribution in [2.24, 2.45) is 11.1 Å². The topological polar surface area (TPSA) is 29.4 Å². The van der Waals surface area contributed by atoms with Gasteiger partial charge in [0.2, 0.25) is 0 Å². The maximum absolute atomic E-state index is 9.47. The molecule has 2 heteroatoms. The molecule has 0 aromatic carbocycles. The van der Waals surface area contributed by atoms with Gasteiger partial charge in [-0.1, -0.05) is 6.92 Å². The van der Waals surface area contributed by atoms with Crippen LogP contribution in [0.4, 0.5) is 0 Å². The Kier molecular flexibility index (Phi) is 0.929. The first-order chi connectivity index (χ1) is 3.34. The van der Waals surface area contributed by atoms with E-state index in [-0.39, 0.29) is 0 Å². The van der Waals surface area contributed by atoms with Crippen molar-refractivity contribution in [3.63, 3.8) is 0 Å². The van der Waals surface area contributed by atoms with E-state index in [9.17, 15) is 4.91 Å². The van der Waals surface area contributed by atoms with Gasteiger partial charge < -0.3 is 0 Å². The molecule has 0 amide bonds. The Morgan fingerprint density at radius 3 is 2.71 bits per heavy atom. The summed E-state index contributed by atoms with van der Waals surface area (Å²) in [6.45, 7) is 2.08. The molecule has 1 saturated carbocycles. The highest BCUT2D eigenvalue weighted by Crippen LogP contribution is 2.36. The van der Waals surface area contributed by atoms with Gasteiger partial charge in [0.15, 0.2) is 0 Å². The number of nitrogens with zero attached hydrogens (tertiary/aromatic N) is 1. The second-order valence-electron chi connectivity index (χ2n) is 1.91. The number of nitroso groups, excluding NO2 is 1. The molecule has 0 bridgehead atoms. The van der Waals surface area contributed by atoms with Crippen molar-refractivity contribution in [2.45, 2.75) is 13.3 Å². The van der Waals surface area contributed by atoms with Crippen molar-refractivity contribution in [1.29, 1.82) is 0 Å². The highest BCUT2D eigenvalue weighted by Gasteiger charge is 2.23. The second kappa shape index (κ2) is 1.45. The van der Waals surface area contributed by atoms with Crippen LogP contribution < -0.4 is 0 Å². The standard InChI is InChI=1S/C5H7NO/c1-4-2-5(4)3-6-7/h3-4H,2H2,1H3/b5-3-. The predicted octanol–water partition coefficient (Wildman–Crippen LogP) is 1.68. The fourth-order valence-corrected chi connectivity index (χ4v) is 0.542. The van der Waals surface area contributed by atoms with Crippen LogP contribution in [0.1, 0.15) is 13.3 Å². The third-order valence-corrected chi connectivity index (χ3v) is 1.23. The van der Waals surface area contributed by atoms with Gasteiger partial charge in [-0.3, -0.25) is 0 Å². The number of allylic oxidation sites excluding steroid dienone is 1. The van der Waals surface area contributed by atoms with Crippen molar-refractivity contribution in [3.8, 4) is 0 Å². The number of rotatable bonds is 1. The van der Waals surface area contributed by atoms with Gasteiger partial charge in [-0.15, -0.1) is 4.91 Å². The molecule has 38 valence electrons. The molecular weight excluding hydrogens is 90.1 g/mol. The third-order valence-electron chi connectivity index (χ3n) is 1.23. The SMILES string of the molecule is CC1C/C1=C/N=O. The summed E-state index contributed by atoms with van der Waals surface area (Å²) in [6.07, 6.45) is 2.48. The van der Waals surface area contributed by atoms with E-state index in [2.05, 4.69) is 12.1 Å². The molecular formula is C5H7NO. The van der Waals surface area contributed by atoms with Crippen molar-refractivity contribution < 1.29 is 0 Å². The van der Waals surface area contributed by atoms with E-state index in [1.807, 2.05) is 0 Å². The van der Waals surface area contributed by atoms with Gasteiger partial charge in [0.25, 0.3) is 0 Å². The zero-order chi connectivity index (χ0) is 5.28. The molecule has 0 radical (unpaired) electrons. The summed E-state index contributed by atoms with van der Waals surface area (Å²) in [5, 5.41) is 2.64. The Labute approximate surface area is 42.2 Å². The van der Waals surface area contributed by atoms with E-state index in [1.165, 1.54) is 11.8 Å². The van der Waals surface area contributed by atoms with Crippen LogP contribution >= 0.6 is 0 Å². The molecule has 2 nitrogen and oxygen atoms in total. The molecule has 7 heavy (non-hydrogen) atoms. The summed E-state index contributed by atoms with van der Waals surface area (Å²) in [5.74, 6) is 0.637. The van der Waals surface area contributed by atoms with Gasteiger partial charge in [0.1, 0.15) is 0 Å². The predicted molar refractivity (Wildman–Crippen MR) is 27.7 cm³/mol. The molecule has 1 fully saturated rings. The summed E-state index contributed by atoms with van der Waals surface area (Å²) in [5.41, 5.74) is 1.19. The first-order valence-electron chi connectivity index (χ1n) is 2.36. The lowest BCUT2D eigenvalue weighted by molar-refractivity contribution is 1.02. The van der Waals surface area contributed by atoms with E-state index in [0.717, 1.165) is 6.42 Å². The molecule has 1 aliphatic rings. The van der Waals surface area contributed by atoms with Crippen LogP contribution in [0.2, 0.25) is 0 Å². The molecule has 0 N–H and O–H groups in total. The van der Waals surface area contributed by atoms with Crippen molar-refractivity contribution >= 4 is 0 Å². The van der Waals surface area contributed by atoms with E-state index in [4.69, 9.17) is 0 Å². The summed E-state index contributed by atoms with van der Waals surface area (Å²) < 4.78 is 0. The lowest BCUT2D eigenvalue weighted by Crippen LogP contribution is -1.51. The van der Waals surface area contributed by atoms with E-state index < -0.39 is 0 Å². The van der Waals surface area contributed by atoms with Gasteiger partial charge in [0, 0.05) is 0 Å². The minimum absolute atomic E-state index is 0.637. The van der Waals surface area contributed by atoms with E-state index in [0.29, 0.717) is 5.92 Å². The molecule has 0 heterocycles. The largest absolute Gasteiger partial charge is 0.145 e. The Morgan fingerprint density at radius 1 is 2.00 bits per heavy atom. The molecule has 1 unspecified atom stereocenters. The van der Waals surface area contributed by atoms with Crippen molar-refractivity contribution in [2.75, 3.05) is 0 Å². The summed E-state index contributed by atoms with van der Waals surface area (Å²) in [4.78, 5) is 9.47.